The van der Waals surface area contributed by atoms with Gasteiger partial charge >= 0.3 is 0 Å². The number of nitrogens with one attached hydrogen (secondary N) is 4. The molecule has 15 heteroatoms. The van der Waals surface area contributed by atoms with Crippen molar-refractivity contribution in [2.24, 2.45) is 22.9 Å². The molecule has 0 spiro atoms. The molecule has 2 atom stereocenters. The number of aryl methyl sites for hydroxylation is 1. The quantitative estimate of drug-likeness (QED) is 0.0269. The number of hydrogen-bond acceptors (Lipinski definition) is 9. The van der Waals surface area contributed by atoms with E-state index in [9.17, 15) is 9.59 Å². The van der Waals surface area contributed by atoms with Crippen LogP contribution in [0.5, 0.6) is 5.75 Å². The molecule has 12 nitrogen and oxygen atoms in total. The van der Waals surface area contributed by atoms with Gasteiger partial charge in [-0.3, -0.25) is 25.3 Å². The van der Waals surface area contributed by atoms with Crippen LogP contribution in [0, 0.1) is 10.8 Å². The first kappa shape index (κ1) is 47.9. The van der Waals surface area contributed by atoms with Gasteiger partial charge in [0.1, 0.15) is 12.4 Å². The molecule has 0 aliphatic heterocycles. The van der Waals surface area contributed by atoms with Crippen molar-refractivity contribution < 1.29 is 14.3 Å². The summed E-state index contributed by atoms with van der Waals surface area (Å²) >= 11 is 4.46. The second-order valence-corrected chi connectivity index (χ2v) is 12.2. The van der Waals surface area contributed by atoms with E-state index in [0.29, 0.717) is 57.7 Å². The van der Waals surface area contributed by atoms with Crippen molar-refractivity contribution in [2.45, 2.75) is 108 Å². The lowest BCUT2D eigenvalue weighted by Crippen LogP contribution is -2.42. The first-order valence-electron chi connectivity index (χ1n) is 16.9. The van der Waals surface area contributed by atoms with Crippen molar-refractivity contribution in [3.63, 3.8) is 0 Å². The van der Waals surface area contributed by atoms with Crippen LogP contribution >= 0.6 is 39.6 Å². The second kappa shape index (κ2) is 29.7. The molecule has 0 radical (unpaired) electrons. The van der Waals surface area contributed by atoms with Crippen LogP contribution in [0.15, 0.2) is 18.2 Å². The highest BCUT2D eigenvalue weighted by molar-refractivity contribution is 7.79. The van der Waals surface area contributed by atoms with Gasteiger partial charge in [0.05, 0.1) is 23.8 Å². The number of rotatable bonds is 28. The minimum Gasteiger partial charge on any atom is -0.492 e. The van der Waals surface area contributed by atoms with Crippen LogP contribution in [0.4, 0.5) is 0 Å². The van der Waals surface area contributed by atoms with Crippen LogP contribution in [-0.2, 0) is 21.8 Å². The molecule has 0 aliphatic carbocycles. The summed E-state index contributed by atoms with van der Waals surface area (Å²) in [4.78, 5) is 27.2. The first-order valence-corrected chi connectivity index (χ1v) is 17.5. The number of carbonyl (C=O) groups is 2. The molecule has 1 aromatic carbocycles. The molecule has 0 aliphatic rings. The molecular weight excluding hydrogens is 667 g/mol. The Hall–Kier alpha value is -2.17. The predicted octanol–water partition coefficient (Wildman–Crippen LogP) is 3.03. The Morgan fingerprint density at radius 1 is 0.792 bits per heavy atom. The third kappa shape index (κ3) is 23.2. The van der Waals surface area contributed by atoms with E-state index in [1.165, 1.54) is 11.1 Å². The van der Waals surface area contributed by atoms with Gasteiger partial charge in [0.2, 0.25) is 11.8 Å². The van der Waals surface area contributed by atoms with E-state index < -0.39 is 12.1 Å². The number of ether oxygens (including phenoxy) is 1. The van der Waals surface area contributed by atoms with Crippen molar-refractivity contribution in [2.75, 3.05) is 39.3 Å². The maximum Gasteiger partial charge on any atom is 0.236 e. The van der Waals surface area contributed by atoms with E-state index >= 15 is 0 Å². The number of unbranched alkanes of at least 4 members (excludes halogenated alkanes) is 4. The minimum absolute atomic E-state index is 0. The molecule has 0 saturated carbocycles. The Morgan fingerprint density at radius 2 is 1.29 bits per heavy atom. The number of thiol groups is 1. The van der Waals surface area contributed by atoms with Gasteiger partial charge in [-0.05, 0) is 81.3 Å². The molecule has 0 saturated heterocycles. The van der Waals surface area contributed by atoms with E-state index in [2.05, 4.69) is 47.2 Å². The zero-order valence-corrected chi connectivity index (χ0v) is 31.9. The Balaban J connectivity index is 0. The topological polar surface area (TPSA) is 222 Å². The van der Waals surface area contributed by atoms with Crippen LogP contribution in [0.2, 0.25) is 0 Å². The first-order chi connectivity index (χ1) is 22.1. The van der Waals surface area contributed by atoms with Crippen LogP contribution in [0.3, 0.4) is 0 Å². The summed E-state index contributed by atoms with van der Waals surface area (Å²) in [6.45, 7) is 5.91. The normalized spacial score (nSPS) is 11.9. The zero-order valence-electron chi connectivity index (χ0n) is 29.0. The fourth-order valence-corrected chi connectivity index (χ4v) is 5.37. The van der Waals surface area contributed by atoms with Crippen molar-refractivity contribution in [3.05, 3.63) is 29.3 Å². The fraction of sp³-hybridized carbons (Fsp3) is 0.697. The summed E-state index contributed by atoms with van der Waals surface area (Å²) in [6, 6.07) is 5.07. The Labute approximate surface area is 308 Å². The van der Waals surface area contributed by atoms with Crippen molar-refractivity contribution in [3.8, 4) is 5.75 Å². The van der Waals surface area contributed by atoms with Crippen molar-refractivity contribution in [1.29, 1.82) is 10.8 Å². The smallest absolute Gasteiger partial charge is 0.236 e. The minimum atomic E-state index is -0.543. The predicted molar refractivity (Wildman–Crippen MR) is 212 cm³/mol. The third-order valence-corrected chi connectivity index (χ3v) is 8.24. The monoisotopic (exact) mass is 731 g/mol. The Kier molecular flexibility index (Phi) is 29.7. The standard InChI is InChI=1S/C33H61N9O3S.2H2S/c1-2-25-15-16-27(23-26(25)24-46)45-22-21-42(19-9-17-40-32(43)28(34)11-5-3-7-13-30(36)37)20-10-18-41-33(44)29(35)12-6-4-8-14-31(38)39;;/h15-16,23,28-29,46H,2-14,17-22,24,34-35H2,1H3,(H3,36,37)(H3,38,39)(H,40,43)(H,41,44);2*1H2/t28-,29-;;/m1../s1. The molecule has 0 heterocycles. The lowest BCUT2D eigenvalue weighted by molar-refractivity contribution is -0.123. The highest BCUT2D eigenvalue weighted by Gasteiger charge is 2.15. The number of amides is 2. The van der Waals surface area contributed by atoms with Gasteiger partial charge in [-0.15, -0.1) is 0 Å². The molecule has 1 rings (SSSR count). The van der Waals surface area contributed by atoms with Crippen LogP contribution in [0.1, 0.15) is 95.1 Å². The van der Waals surface area contributed by atoms with Gasteiger partial charge in [0.15, 0.2) is 0 Å². The molecule has 0 unspecified atom stereocenters. The van der Waals surface area contributed by atoms with E-state index in [-0.39, 0.29) is 50.5 Å². The zero-order chi connectivity index (χ0) is 34.2. The number of hydrogen-bond donors (Lipinski definition) is 9. The molecule has 0 bridgehead atoms. The van der Waals surface area contributed by atoms with E-state index in [1.807, 2.05) is 6.07 Å². The SMILES string of the molecule is CCc1ccc(OCCN(CCCNC(=O)[C@H](N)CCCCCC(=N)N)CCCNC(=O)[C@H](N)CCCCCC(=N)N)cc1CS.S.S. The maximum absolute atomic E-state index is 12.4. The average Bonchev–Trinajstić information content (AvgIpc) is 3.03. The van der Waals surface area contributed by atoms with Gasteiger partial charge in [0, 0.05) is 38.2 Å². The van der Waals surface area contributed by atoms with Gasteiger partial charge in [-0.25, -0.2) is 0 Å². The molecule has 278 valence electrons. The van der Waals surface area contributed by atoms with Gasteiger partial charge < -0.3 is 38.3 Å². The second-order valence-electron chi connectivity index (χ2n) is 11.9. The Morgan fingerprint density at radius 3 is 1.73 bits per heavy atom. The largest absolute Gasteiger partial charge is 0.492 e. The highest BCUT2D eigenvalue weighted by atomic mass is 32.1. The van der Waals surface area contributed by atoms with Gasteiger partial charge in [0.25, 0.3) is 0 Å². The lowest BCUT2D eigenvalue weighted by Gasteiger charge is -2.23. The number of benzene rings is 1. The molecule has 0 aromatic heterocycles. The third-order valence-electron chi connectivity index (χ3n) is 7.90. The van der Waals surface area contributed by atoms with Gasteiger partial charge in [-0.2, -0.15) is 39.6 Å². The molecule has 48 heavy (non-hydrogen) atoms. The van der Waals surface area contributed by atoms with Crippen LogP contribution < -0.4 is 38.3 Å². The van der Waals surface area contributed by atoms with E-state index in [0.717, 1.165) is 76.6 Å². The number of carbonyl (C=O) groups excluding carboxylic acids is 2. The summed E-state index contributed by atoms with van der Waals surface area (Å²) in [5.41, 5.74) is 25.4. The molecule has 1 aromatic rings. The lowest BCUT2D eigenvalue weighted by atomic mass is 10.1. The number of nitrogens with two attached hydrogens (primary N) is 4. The van der Waals surface area contributed by atoms with Crippen molar-refractivity contribution >= 4 is 63.1 Å². The number of nitrogens with zero attached hydrogens (tertiary/aromatic N) is 1. The average molecular weight is 732 g/mol. The van der Waals surface area contributed by atoms with E-state index in [1.54, 1.807) is 0 Å². The molecular formula is C33H65N9O3S3. The maximum atomic E-state index is 12.4. The summed E-state index contributed by atoms with van der Waals surface area (Å²) in [6.07, 6.45) is 9.96. The van der Waals surface area contributed by atoms with Crippen LogP contribution in [-0.4, -0.2) is 79.8 Å². The van der Waals surface area contributed by atoms with Gasteiger partial charge in [-0.1, -0.05) is 38.7 Å². The number of amidine groups is 2. The summed E-state index contributed by atoms with van der Waals surface area (Å²) in [5, 5.41) is 20.5. The fourth-order valence-electron chi connectivity index (χ4n) is 5.08. The summed E-state index contributed by atoms with van der Waals surface area (Å²) in [7, 11) is 0. The van der Waals surface area contributed by atoms with Crippen LogP contribution in [0.25, 0.3) is 0 Å². The molecule has 12 N–H and O–H groups in total. The van der Waals surface area contributed by atoms with Crippen molar-refractivity contribution in [1.82, 2.24) is 15.5 Å². The summed E-state index contributed by atoms with van der Waals surface area (Å²) in [5.74, 6) is 1.58. The highest BCUT2D eigenvalue weighted by Crippen LogP contribution is 2.20. The Bertz CT molecular complexity index is 1000. The molecule has 2 amide bonds. The van der Waals surface area contributed by atoms with E-state index in [4.69, 9.17) is 38.5 Å². The summed E-state index contributed by atoms with van der Waals surface area (Å²) < 4.78 is 6.08. The molecule has 0 fully saturated rings.